The van der Waals surface area contributed by atoms with Gasteiger partial charge in [0.05, 0.1) is 16.2 Å². The summed E-state index contributed by atoms with van der Waals surface area (Å²) in [7, 11) is 0. The number of hydrogen-bond acceptors (Lipinski definition) is 6. The third kappa shape index (κ3) is 5.24. The number of aryl methyl sites for hydroxylation is 2. The van der Waals surface area contributed by atoms with Gasteiger partial charge < -0.3 is 9.15 Å². The standard InChI is InChI=1S/C21H18ClN3O5/c1-13-3-7-19(14(2)9-13)29-12-21(26)24-23-11-16-5-8-20(30-16)17-6-4-15(25(27)28)10-18(17)22/h3-11H,12H2,1-2H3,(H,24,26)/b23-11-. The van der Waals surface area contributed by atoms with E-state index in [0.29, 0.717) is 22.8 Å². The van der Waals surface area contributed by atoms with Crippen LogP contribution in [0.25, 0.3) is 11.3 Å². The molecule has 1 aromatic heterocycles. The molecule has 0 aliphatic heterocycles. The zero-order valence-corrected chi connectivity index (χ0v) is 17.0. The van der Waals surface area contributed by atoms with E-state index in [2.05, 4.69) is 10.5 Å². The Bertz CT molecular complexity index is 1120. The molecule has 0 aliphatic rings. The van der Waals surface area contributed by atoms with Crippen molar-refractivity contribution in [2.24, 2.45) is 5.10 Å². The second-order valence-corrected chi connectivity index (χ2v) is 6.88. The van der Waals surface area contributed by atoms with Crippen LogP contribution in [0.3, 0.4) is 0 Å². The number of carbonyl (C=O) groups is 1. The average molecular weight is 428 g/mol. The van der Waals surface area contributed by atoms with E-state index in [1.807, 2.05) is 32.0 Å². The Hall–Kier alpha value is -3.65. The number of nitro groups is 1. The van der Waals surface area contributed by atoms with Crippen molar-refractivity contribution in [2.45, 2.75) is 13.8 Å². The molecular weight excluding hydrogens is 410 g/mol. The minimum absolute atomic E-state index is 0.108. The molecule has 3 aromatic rings. The second kappa shape index (κ2) is 9.23. The van der Waals surface area contributed by atoms with Gasteiger partial charge >= 0.3 is 0 Å². The Kier molecular flexibility index (Phi) is 6.48. The molecule has 9 heteroatoms. The highest BCUT2D eigenvalue weighted by molar-refractivity contribution is 6.33. The Balaban J connectivity index is 1.56. The van der Waals surface area contributed by atoms with Crippen LogP contribution >= 0.6 is 11.6 Å². The molecule has 0 aliphatic carbocycles. The average Bonchev–Trinajstić information content (AvgIpc) is 3.15. The number of furan rings is 1. The van der Waals surface area contributed by atoms with Gasteiger partial charge in [0.25, 0.3) is 11.6 Å². The van der Waals surface area contributed by atoms with Gasteiger partial charge in [0.2, 0.25) is 0 Å². The van der Waals surface area contributed by atoms with Crippen molar-refractivity contribution in [2.75, 3.05) is 6.61 Å². The van der Waals surface area contributed by atoms with Gasteiger partial charge in [-0.3, -0.25) is 14.9 Å². The van der Waals surface area contributed by atoms with Gasteiger partial charge in [-0.2, -0.15) is 5.10 Å². The maximum Gasteiger partial charge on any atom is 0.277 e. The Morgan fingerprint density at radius 2 is 2.03 bits per heavy atom. The van der Waals surface area contributed by atoms with E-state index in [-0.39, 0.29) is 17.3 Å². The molecular formula is C21H18ClN3O5. The van der Waals surface area contributed by atoms with Crippen molar-refractivity contribution in [3.63, 3.8) is 0 Å². The first-order valence-corrected chi connectivity index (χ1v) is 9.27. The van der Waals surface area contributed by atoms with E-state index in [1.54, 1.807) is 12.1 Å². The second-order valence-electron chi connectivity index (χ2n) is 6.47. The van der Waals surface area contributed by atoms with Crippen molar-refractivity contribution >= 4 is 29.4 Å². The molecule has 0 fully saturated rings. The number of nitrogens with one attached hydrogen (secondary N) is 1. The molecule has 1 amide bonds. The molecule has 0 saturated heterocycles. The molecule has 0 spiro atoms. The highest BCUT2D eigenvalue weighted by Crippen LogP contribution is 2.32. The molecule has 154 valence electrons. The van der Waals surface area contributed by atoms with Crippen molar-refractivity contribution in [1.82, 2.24) is 5.43 Å². The number of carbonyl (C=O) groups excluding carboxylic acids is 1. The summed E-state index contributed by atoms with van der Waals surface area (Å²) < 4.78 is 11.1. The molecule has 2 aromatic carbocycles. The first kappa shape index (κ1) is 21.1. The van der Waals surface area contributed by atoms with Crippen LogP contribution in [0.5, 0.6) is 5.75 Å². The minimum atomic E-state index is -0.525. The van der Waals surface area contributed by atoms with Gasteiger partial charge in [-0.25, -0.2) is 5.43 Å². The third-order valence-electron chi connectivity index (χ3n) is 4.13. The summed E-state index contributed by atoms with van der Waals surface area (Å²) in [5.41, 5.74) is 4.81. The lowest BCUT2D eigenvalue weighted by molar-refractivity contribution is -0.384. The van der Waals surface area contributed by atoms with E-state index in [9.17, 15) is 14.9 Å². The normalized spacial score (nSPS) is 10.9. The summed E-state index contributed by atoms with van der Waals surface area (Å²) in [6.45, 7) is 3.71. The predicted octanol–water partition coefficient (Wildman–Crippen LogP) is 4.65. The summed E-state index contributed by atoms with van der Waals surface area (Å²) in [6.07, 6.45) is 1.33. The highest BCUT2D eigenvalue weighted by Gasteiger charge is 2.13. The summed E-state index contributed by atoms with van der Waals surface area (Å²) in [5, 5.41) is 14.8. The van der Waals surface area contributed by atoms with E-state index in [1.165, 1.54) is 24.4 Å². The Morgan fingerprint density at radius 1 is 1.23 bits per heavy atom. The van der Waals surface area contributed by atoms with Crippen LogP contribution in [0, 0.1) is 24.0 Å². The maximum absolute atomic E-state index is 11.9. The van der Waals surface area contributed by atoms with Crippen LogP contribution in [0.4, 0.5) is 5.69 Å². The van der Waals surface area contributed by atoms with E-state index < -0.39 is 10.8 Å². The number of amides is 1. The number of hydrogen-bond donors (Lipinski definition) is 1. The summed E-state index contributed by atoms with van der Waals surface area (Å²) in [4.78, 5) is 22.2. The summed E-state index contributed by atoms with van der Waals surface area (Å²) >= 11 is 6.10. The van der Waals surface area contributed by atoms with Crippen LogP contribution in [0.1, 0.15) is 16.9 Å². The number of benzene rings is 2. The predicted molar refractivity (Wildman–Crippen MR) is 113 cm³/mol. The number of nitrogens with zero attached hydrogens (tertiary/aromatic N) is 2. The molecule has 8 nitrogen and oxygen atoms in total. The summed E-state index contributed by atoms with van der Waals surface area (Å²) in [6, 6.07) is 13.1. The van der Waals surface area contributed by atoms with Crippen molar-refractivity contribution in [1.29, 1.82) is 0 Å². The third-order valence-corrected chi connectivity index (χ3v) is 4.44. The number of rotatable bonds is 7. The zero-order chi connectivity index (χ0) is 21.7. The lowest BCUT2D eigenvalue weighted by Gasteiger charge is -2.08. The highest BCUT2D eigenvalue weighted by atomic mass is 35.5. The minimum Gasteiger partial charge on any atom is -0.483 e. The van der Waals surface area contributed by atoms with Gasteiger partial charge in [0.1, 0.15) is 17.3 Å². The molecule has 3 rings (SSSR count). The fraction of sp³-hybridized carbons (Fsp3) is 0.143. The first-order valence-electron chi connectivity index (χ1n) is 8.89. The van der Waals surface area contributed by atoms with Crippen molar-refractivity contribution < 1.29 is 18.9 Å². The lowest BCUT2D eigenvalue weighted by Crippen LogP contribution is -2.24. The van der Waals surface area contributed by atoms with Crippen LogP contribution in [0.15, 0.2) is 58.0 Å². The summed E-state index contributed by atoms with van der Waals surface area (Å²) in [5.74, 6) is 1.00. The largest absolute Gasteiger partial charge is 0.483 e. The maximum atomic E-state index is 11.9. The van der Waals surface area contributed by atoms with Crippen LogP contribution in [0.2, 0.25) is 5.02 Å². The zero-order valence-electron chi connectivity index (χ0n) is 16.2. The monoisotopic (exact) mass is 427 g/mol. The molecule has 30 heavy (non-hydrogen) atoms. The fourth-order valence-corrected chi connectivity index (χ4v) is 2.96. The Morgan fingerprint density at radius 3 is 2.73 bits per heavy atom. The first-order chi connectivity index (χ1) is 14.3. The van der Waals surface area contributed by atoms with Gasteiger partial charge in [0.15, 0.2) is 6.61 Å². The lowest BCUT2D eigenvalue weighted by atomic mass is 10.1. The van der Waals surface area contributed by atoms with E-state index >= 15 is 0 Å². The van der Waals surface area contributed by atoms with Gasteiger partial charge in [-0.1, -0.05) is 29.3 Å². The van der Waals surface area contributed by atoms with Gasteiger partial charge in [0, 0.05) is 17.7 Å². The van der Waals surface area contributed by atoms with E-state index in [4.69, 9.17) is 20.8 Å². The number of nitro benzene ring substituents is 1. The number of non-ortho nitro benzene ring substituents is 1. The van der Waals surface area contributed by atoms with Crippen LogP contribution in [-0.4, -0.2) is 23.7 Å². The van der Waals surface area contributed by atoms with Crippen molar-refractivity contribution in [3.05, 3.63) is 80.6 Å². The number of hydrazone groups is 1. The molecule has 1 heterocycles. The number of ether oxygens (including phenoxy) is 1. The van der Waals surface area contributed by atoms with Crippen molar-refractivity contribution in [3.8, 4) is 17.1 Å². The smallest absolute Gasteiger partial charge is 0.277 e. The SMILES string of the molecule is Cc1ccc(OCC(=O)N/N=C\c2ccc(-c3ccc([N+](=O)[O-])cc3Cl)o2)c(C)c1. The van der Waals surface area contributed by atoms with E-state index in [0.717, 1.165) is 11.1 Å². The molecule has 0 atom stereocenters. The topological polar surface area (TPSA) is 107 Å². The quantitative estimate of drug-likeness (QED) is 0.335. The molecule has 0 saturated carbocycles. The molecule has 1 N–H and O–H groups in total. The molecule has 0 radical (unpaired) electrons. The molecule has 0 unspecified atom stereocenters. The molecule has 0 bridgehead atoms. The fourth-order valence-electron chi connectivity index (χ4n) is 2.69. The van der Waals surface area contributed by atoms with Gasteiger partial charge in [-0.15, -0.1) is 0 Å². The Labute approximate surface area is 177 Å². The van der Waals surface area contributed by atoms with Crippen LogP contribution < -0.4 is 10.2 Å². The van der Waals surface area contributed by atoms with Gasteiger partial charge in [-0.05, 0) is 43.7 Å². The number of halogens is 1. The van der Waals surface area contributed by atoms with Crippen LogP contribution in [-0.2, 0) is 4.79 Å².